The van der Waals surface area contributed by atoms with Crippen LogP contribution in [-0.2, 0) is 4.79 Å². The Labute approximate surface area is 116 Å². The molecule has 2 rings (SSSR count). The molecule has 1 atom stereocenters. The van der Waals surface area contributed by atoms with Gasteiger partial charge in [-0.3, -0.25) is 20.4 Å². The number of hydrazine groups is 1. The smallest absolute Gasteiger partial charge is 0.269 e. The van der Waals surface area contributed by atoms with Crippen molar-refractivity contribution in [2.24, 2.45) is 5.92 Å². The third-order valence-corrected chi connectivity index (χ3v) is 3.26. The summed E-state index contributed by atoms with van der Waals surface area (Å²) in [7, 11) is 0. The molecule has 2 amide bonds. The van der Waals surface area contributed by atoms with Crippen molar-refractivity contribution in [3.63, 3.8) is 0 Å². The van der Waals surface area contributed by atoms with Crippen LogP contribution in [-0.4, -0.2) is 11.8 Å². The van der Waals surface area contributed by atoms with Crippen LogP contribution in [0.4, 0.5) is 0 Å². The second kappa shape index (κ2) is 6.38. The number of nitrogens with one attached hydrogen (secondary N) is 2. The van der Waals surface area contributed by atoms with Gasteiger partial charge in [0.2, 0.25) is 5.91 Å². The summed E-state index contributed by atoms with van der Waals surface area (Å²) in [6.45, 7) is 0. The standard InChI is InChI=1S/C14H15ClN2O2/c15-12-8-4-7-11(9-12)14(19)17-16-13(18)10-5-2-1-3-6-10/h1-2,4,7-10H,3,5-6H2,(H,16,18)(H,17,19)/t10-/m1/s1. The van der Waals surface area contributed by atoms with Gasteiger partial charge in [-0.25, -0.2) is 0 Å². The fraction of sp³-hybridized carbons (Fsp3) is 0.286. The van der Waals surface area contributed by atoms with Crippen molar-refractivity contribution in [2.75, 3.05) is 0 Å². The van der Waals surface area contributed by atoms with Gasteiger partial charge in [-0.15, -0.1) is 0 Å². The van der Waals surface area contributed by atoms with E-state index in [4.69, 9.17) is 11.6 Å². The molecule has 5 heteroatoms. The van der Waals surface area contributed by atoms with Gasteiger partial charge in [-0.2, -0.15) is 0 Å². The van der Waals surface area contributed by atoms with Crippen LogP contribution >= 0.6 is 11.6 Å². The van der Waals surface area contributed by atoms with Crippen LogP contribution in [0.3, 0.4) is 0 Å². The lowest BCUT2D eigenvalue weighted by molar-refractivity contribution is -0.126. The second-order valence-electron chi connectivity index (χ2n) is 4.44. The van der Waals surface area contributed by atoms with E-state index in [1.165, 1.54) is 0 Å². The summed E-state index contributed by atoms with van der Waals surface area (Å²) in [6.07, 6.45) is 6.50. The highest BCUT2D eigenvalue weighted by Crippen LogP contribution is 2.17. The number of carbonyl (C=O) groups excluding carboxylic acids is 2. The first-order valence-corrected chi connectivity index (χ1v) is 6.55. The second-order valence-corrected chi connectivity index (χ2v) is 4.87. The lowest BCUT2D eigenvalue weighted by atomic mass is 9.94. The van der Waals surface area contributed by atoms with Crippen molar-refractivity contribution in [1.82, 2.24) is 10.9 Å². The first-order chi connectivity index (χ1) is 9.16. The summed E-state index contributed by atoms with van der Waals surface area (Å²) < 4.78 is 0. The molecular formula is C14H15ClN2O2. The molecule has 0 saturated carbocycles. The minimum Gasteiger partial charge on any atom is -0.273 e. The minimum absolute atomic E-state index is 0.0651. The lowest BCUT2D eigenvalue weighted by Gasteiger charge is -2.17. The van der Waals surface area contributed by atoms with E-state index in [9.17, 15) is 9.59 Å². The Morgan fingerprint density at radius 3 is 2.74 bits per heavy atom. The number of benzene rings is 1. The third kappa shape index (κ3) is 3.83. The predicted octanol–water partition coefficient (Wildman–Crippen LogP) is 2.46. The SMILES string of the molecule is O=C(NNC(=O)[C@@H]1CC=CCC1)c1cccc(Cl)c1. The Kier molecular flexibility index (Phi) is 4.58. The van der Waals surface area contributed by atoms with Crippen LogP contribution in [0.2, 0.25) is 5.02 Å². The molecule has 0 aromatic heterocycles. The average molecular weight is 279 g/mol. The normalized spacial score (nSPS) is 17.8. The fourth-order valence-electron chi connectivity index (χ4n) is 1.95. The van der Waals surface area contributed by atoms with Crippen molar-refractivity contribution in [3.05, 3.63) is 47.0 Å². The molecule has 1 aliphatic carbocycles. The van der Waals surface area contributed by atoms with Crippen LogP contribution in [0, 0.1) is 5.92 Å². The molecule has 0 saturated heterocycles. The van der Waals surface area contributed by atoms with Gasteiger partial charge < -0.3 is 0 Å². The highest BCUT2D eigenvalue weighted by molar-refractivity contribution is 6.30. The first kappa shape index (κ1) is 13.6. The average Bonchev–Trinajstić information content (AvgIpc) is 2.45. The van der Waals surface area contributed by atoms with Crippen molar-refractivity contribution >= 4 is 23.4 Å². The van der Waals surface area contributed by atoms with Gasteiger partial charge >= 0.3 is 0 Å². The summed E-state index contributed by atoms with van der Waals surface area (Å²) in [5.74, 6) is -0.591. The highest BCUT2D eigenvalue weighted by atomic mass is 35.5. The Morgan fingerprint density at radius 2 is 2.05 bits per heavy atom. The zero-order valence-electron chi connectivity index (χ0n) is 10.4. The lowest BCUT2D eigenvalue weighted by Crippen LogP contribution is -2.44. The highest BCUT2D eigenvalue weighted by Gasteiger charge is 2.19. The van der Waals surface area contributed by atoms with Crippen LogP contribution in [0.25, 0.3) is 0 Å². The van der Waals surface area contributed by atoms with E-state index in [1.54, 1.807) is 24.3 Å². The van der Waals surface area contributed by atoms with Crippen molar-refractivity contribution < 1.29 is 9.59 Å². The van der Waals surface area contributed by atoms with Crippen LogP contribution in [0.5, 0.6) is 0 Å². The molecule has 0 spiro atoms. The van der Waals surface area contributed by atoms with Crippen molar-refractivity contribution in [2.45, 2.75) is 19.3 Å². The molecule has 1 aliphatic rings. The van der Waals surface area contributed by atoms with Crippen LogP contribution < -0.4 is 10.9 Å². The predicted molar refractivity (Wildman–Crippen MR) is 73.5 cm³/mol. The number of halogens is 1. The molecule has 4 nitrogen and oxygen atoms in total. The maximum absolute atomic E-state index is 11.8. The number of carbonyl (C=O) groups is 2. The summed E-state index contributed by atoms with van der Waals surface area (Å²) >= 11 is 5.80. The third-order valence-electron chi connectivity index (χ3n) is 3.03. The molecule has 100 valence electrons. The van der Waals surface area contributed by atoms with Gasteiger partial charge in [-0.1, -0.05) is 29.8 Å². The van der Waals surface area contributed by atoms with Gasteiger partial charge in [0.05, 0.1) is 0 Å². The fourth-order valence-corrected chi connectivity index (χ4v) is 2.14. The van der Waals surface area contributed by atoms with Gasteiger partial charge in [0, 0.05) is 16.5 Å². The molecule has 0 bridgehead atoms. The topological polar surface area (TPSA) is 58.2 Å². The Hall–Kier alpha value is -1.81. The molecule has 19 heavy (non-hydrogen) atoms. The van der Waals surface area contributed by atoms with E-state index in [0.717, 1.165) is 19.3 Å². The Morgan fingerprint density at radius 1 is 1.21 bits per heavy atom. The van der Waals surface area contributed by atoms with E-state index in [0.29, 0.717) is 10.6 Å². The van der Waals surface area contributed by atoms with Crippen LogP contribution in [0.15, 0.2) is 36.4 Å². The van der Waals surface area contributed by atoms with E-state index in [-0.39, 0.29) is 17.7 Å². The van der Waals surface area contributed by atoms with Gasteiger partial charge in [-0.05, 0) is 37.5 Å². The quantitative estimate of drug-likeness (QED) is 0.645. The Bertz CT molecular complexity index is 514. The largest absolute Gasteiger partial charge is 0.273 e. The molecule has 0 fully saturated rings. The van der Waals surface area contributed by atoms with E-state index in [2.05, 4.69) is 16.9 Å². The molecule has 0 heterocycles. The summed E-state index contributed by atoms with van der Waals surface area (Å²) in [6, 6.07) is 6.55. The number of rotatable bonds is 2. The zero-order chi connectivity index (χ0) is 13.7. The molecule has 0 radical (unpaired) electrons. The van der Waals surface area contributed by atoms with Crippen LogP contribution in [0.1, 0.15) is 29.6 Å². The summed E-state index contributed by atoms with van der Waals surface area (Å²) in [5.41, 5.74) is 5.27. The van der Waals surface area contributed by atoms with Gasteiger partial charge in [0.1, 0.15) is 0 Å². The van der Waals surface area contributed by atoms with Gasteiger partial charge in [0.15, 0.2) is 0 Å². The number of allylic oxidation sites excluding steroid dienone is 2. The first-order valence-electron chi connectivity index (χ1n) is 6.17. The number of hydrogen-bond donors (Lipinski definition) is 2. The summed E-state index contributed by atoms with van der Waals surface area (Å²) in [4.78, 5) is 23.6. The minimum atomic E-state index is -0.373. The van der Waals surface area contributed by atoms with E-state index >= 15 is 0 Å². The maximum atomic E-state index is 11.8. The molecular weight excluding hydrogens is 264 g/mol. The maximum Gasteiger partial charge on any atom is 0.269 e. The zero-order valence-corrected chi connectivity index (χ0v) is 11.1. The number of hydrogen-bond acceptors (Lipinski definition) is 2. The molecule has 2 N–H and O–H groups in total. The number of amides is 2. The van der Waals surface area contributed by atoms with Gasteiger partial charge in [0.25, 0.3) is 5.91 Å². The monoisotopic (exact) mass is 278 g/mol. The summed E-state index contributed by atoms with van der Waals surface area (Å²) in [5, 5.41) is 0.483. The molecule has 0 unspecified atom stereocenters. The van der Waals surface area contributed by atoms with E-state index in [1.807, 2.05) is 6.08 Å². The van der Waals surface area contributed by atoms with Crippen molar-refractivity contribution in [1.29, 1.82) is 0 Å². The molecule has 1 aromatic carbocycles. The Balaban J connectivity index is 1.86. The molecule has 1 aromatic rings. The molecule has 0 aliphatic heterocycles. The van der Waals surface area contributed by atoms with E-state index < -0.39 is 0 Å². The van der Waals surface area contributed by atoms with Crippen molar-refractivity contribution in [3.8, 4) is 0 Å².